The quantitative estimate of drug-likeness (QED) is 0.705. The van der Waals surface area contributed by atoms with Crippen LogP contribution < -0.4 is 5.32 Å². The highest BCUT2D eigenvalue weighted by Gasteiger charge is 2.27. The molecule has 1 aliphatic heterocycles. The van der Waals surface area contributed by atoms with Gasteiger partial charge in [0.15, 0.2) is 9.84 Å². The molecule has 1 N–H and O–H groups in total. The summed E-state index contributed by atoms with van der Waals surface area (Å²) in [7, 11) is -2.99. The van der Waals surface area contributed by atoms with Crippen LogP contribution in [-0.4, -0.2) is 32.0 Å². The summed E-state index contributed by atoms with van der Waals surface area (Å²) in [6, 6.07) is 0. The van der Waals surface area contributed by atoms with E-state index in [1.807, 2.05) is 6.08 Å². The molecule has 0 radical (unpaired) electrons. The molecule has 1 rings (SSSR count). The molecule has 0 saturated carbocycles. The highest BCUT2D eigenvalue weighted by Crippen LogP contribution is 2.17. The van der Waals surface area contributed by atoms with E-state index in [0.29, 0.717) is 0 Å². The third-order valence-corrected chi connectivity index (χ3v) is 4.97. The minimum atomic E-state index is -2.99. The number of rotatable bonds is 2. The maximum absolute atomic E-state index is 11.7. The van der Waals surface area contributed by atoms with Crippen LogP contribution in [-0.2, 0) is 9.84 Å². The molecule has 82 valence electrons. The largest absolute Gasteiger partial charge is 0.313 e. The maximum atomic E-state index is 11.7. The number of nitrogens with one attached hydrogen (secondary N) is 1. The minimum Gasteiger partial charge on any atom is -0.313 e. The highest BCUT2D eigenvalue weighted by atomic mass is 32.2. The topological polar surface area (TPSA) is 46.2 Å². The summed E-state index contributed by atoms with van der Waals surface area (Å²) in [5.41, 5.74) is 1.22. The van der Waals surface area contributed by atoms with Gasteiger partial charge in [-0.2, -0.15) is 0 Å². The Morgan fingerprint density at radius 3 is 2.50 bits per heavy atom. The predicted octanol–water partition coefficient (Wildman–Crippen LogP) is 1.12. The molecule has 0 aliphatic carbocycles. The number of sulfone groups is 1. The zero-order chi connectivity index (χ0) is 10.8. The monoisotopic (exact) mass is 217 g/mol. The van der Waals surface area contributed by atoms with Gasteiger partial charge in [-0.3, -0.25) is 0 Å². The lowest BCUT2D eigenvalue weighted by Gasteiger charge is -2.17. The van der Waals surface area contributed by atoms with Crippen molar-refractivity contribution >= 4 is 9.84 Å². The van der Waals surface area contributed by atoms with Crippen LogP contribution in [0.1, 0.15) is 27.2 Å². The first-order valence-corrected chi connectivity index (χ1v) is 6.59. The van der Waals surface area contributed by atoms with Crippen molar-refractivity contribution in [2.24, 2.45) is 0 Å². The summed E-state index contributed by atoms with van der Waals surface area (Å²) in [5, 5.41) is 3.18. The number of hydrogen-bond acceptors (Lipinski definition) is 3. The molecule has 0 unspecified atom stereocenters. The molecule has 1 heterocycles. The van der Waals surface area contributed by atoms with E-state index in [0.717, 1.165) is 19.5 Å². The second-order valence-electron chi connectivity index (χ2n) is 4.68. The Morgan fingerprint density at radius 2 is 2.07 bits per heavy atom. The molecule has 1 saturated heterocycles. The zero-order valence-corrected chi connectivity index (χ0v) is 9.95. The Labute approximate surface area is 86.5 Å². The van der Waals surface area contributed by atoms with E-state index in [2.05, 4.69) is 5.32 Å². The second kappa shape index (κ2) is 4.03. The fourth-order valence-corrected chi connectivity index (χ4v) is 2.19. The van der Waals surface area contributed by atoms with Gasteiger partial charge in [0, 0.05) is 6.54 Å². The van der Waals surface area contributed by atoms with E-state index in [-0.39, 0.29) is 5.75 Å². The van der Waals surface area contributed by atoms with E-state index in [9.17, 15) is 8.42 Å². The van der Waals surface area contributed by atoms with Crippen molar-refractivity contribution in [2.75, 3.05) is 18.8 Å². The summed E-state index contributed by atoms with van der Waals surface area (Å²) in [6.45, 7) is 7.05. The average molecular weight is 217 g/mol. The number of hydrogen-bond donors (Lipinski definition) is 1. The molecule has 0 atom stereocenters. The van der Waals surface area contributed by atoms with Crippen LogP contribution in [0.2, 0.25) is 0 Å². The van der Waals surface area contributed by atoms with Gasteiger partial charge in [-0.25, -0.2) is 8.42 Å². The third kappa shape index (κ3) is 2.82. The lowest BCUT2D eigenvalue weighted by Crippen LogP contribution is -2.29. The zero-order valence-electron chi connectivity index (χ0n) is 9.13. The molecule has 3 nitrogen and oxygen atoms in total. The molecular weight excluding hydrogens is 198 g/mol. The second-order valence-corrected chi connectivity index (χ2v) is 7.47. The minimum absolute atomic E-state index is 0.174. The van der Waals surface area contributed by atoms with Crippen LogP contribution in [0.4, 0.5) is 0 Å². The molecular formula is C10H19NO2S. The van der Waals surface area contributed by atoms with Gasteiger partial charge in [0.1, 0.15) is 0 Å². The van der Waals surface area contributed by atoms with Crippen LogP contribution >= 0.6 is 0 Å². The van der Waals surface area contributed by atoms with Crippen LogP contribution in [0.3, 0.4) is 0 Å². The molecule has 0 bridgehead atoms. The lowest BCUT2D eigenvalue weighted by molar-refractivity contribution is 0.563. The molecule has 0 aromatic rings. The molecule has 0 amide bonds. The molecule has 14 heavy (non-hydrogen) atoms. The van der Waals surface area contributed by atoms with Gasteiger partial charge in [0.25, 0.3) is 0 Å². The van der Waals surface area contributed by atoms with E-state index in [1.54, 1.807) is 20.8 Å². The van der Waals surface area contributed by atoms with Gasteiger partial charge in [-0.05, 0) is 33.7 Å². The Kier molecular flexibility index (Phi) is 3.37. The van der Waals surface area contributed by atoms with Crippen molar-refractivity contribution < 1.29 is 8.42 Å². The van der Waals surface area contributed by atoms with Crippen molar-refractivity contribution in [3.8, 4) is 0 Å². The smallest absolute Gasteiger partial charge is 0.158 e. The summed E-state index contributed by atoms with van der Waals surface area (Å²) < 4.78 is 22.8. The van der Waals surface area contributed by atoms with Crippen molar-refractivity contribution in [3.05, 3.63) is 11.6 Å². The first-order chi connectivity index (χ1) is 6.33. The molecule has 0 aromatic heterocycles. The Balaban J connectivity index is 2.65. The Bertz CT molecular complexity index is 315. The van der Waals surface area contributed by atoms with Gasteiger partial charge >= 0.3 is 0 Å². The van der Waals surface area contributed by atoms with Crippen molar-refractivity contribution in [3.63, 3.8) is 0 Å². The SMILES string of the molecule is CC(C)(C)S(=O)(=O)C/C=C1/CCNC1. The van der Waals surface area contributed by atoms with Crippen LogP contribution in [0, 0.1) is 0 Å². The molecule has 0 spiro atoms. The lowest BCUT2D eigenvalue weighted by atomic mass is 10.2. The Morgan fingerprint density at radius 1 is 1.43 bits per heavy atom. The molecule has 1 fully saturated rings. The predicted molar refractivity (Wildman–Crippen MR) is 59.1 cm³/mol. The van der Waals surface area contributed by atoms with Gasteiger partial charge < -0.3 is 5.32 Å². The van der Waals surface area contributed by atoms with Gasteiger partial charge in [-0.15, -0.1) is 0 Å². The highest BCUT2D eigenvalue weighted by molar-refractivity contribution is 7.92. The summed E-state index contributed by atoms with van der Waals surface area (Å²) in [6.07, 6.45) is 2.85. The summed E-state index contributed by atoms with van der Waals surface area (Å²) in [5.74, 6) is 0.174. The summed E-state index contributed by atoms with van der Waals surface area (Å²) >= 11 is 0. The molecule has 0 aromatic carbocycles. The third-order valence-electron chi connectivity index (χ3n) is 2.50. The standard InChI is InChI=1S/C10H19NO2S/c1-10(2,3)14(12,13)7-5-9-4-6-11-8-9/h5,11H,4,6-8H2,1-3H3/b9-5-. The average Bonchev–Trinajstić information content (AvgIpc) is 2.50. The first-order valence-electron chi connectivity index (χ1n) is 4.94. The van der Waals surface area contributed by atoms with E-state index in [1.165, 1.54) is 5.57 Å². The van der Waals surface area contributed by atoms with E-state index in [4.69, 9.17) is 0 Å². The van der Waals surface area contributed by atoms with Gasteiger partial charge in [0.2, 0.25) is 0 Å². The molecule has 1 aliphatic rings. The van der Waals surface area contributed by atoms with Crippen LogP contribution in [0.15, 0.2) is 11.6 Å². The van der Waals surface area contributed by atoms with Crippen molar-refractivity contribution in [1.29, 1.82) is 0 Å². The van der Waals surface area contributed by atoms with Crippen molar-refractivity contribution in [2.45, 2.75) is 31.9 Å². The van der Waals surface area contributed by atoms with E-state index >= 15 is 0 Å². The van der Waals surface area contributed by atoms with Gasteiger partial charge in [0.05, 0.1) is 10.5 Å². The van der Waals surface area contributed by atoms with Gasteiger partial charge in [-0.1, -0.05) is 11.6 Å². The van der Waals surface area contributed by atoms with Crippen molar-refractivity contribution in [1.82, 2.24) is 5.32 Å². The van der Waals surface area contributed by atoms with E-state index < -0.39 is 14.6 Å². The molecule has 4 heteroatoms. The van der Waals surface area contributed by atoms with Crippen LogP contribution in [0.5, 0.6) is 0 Å². The fourth-order valence-electron chi connectivity index (χ4n) is 1.24. The first kappa shape index (κ1) is 11.7. The normalized spacial score (nSPS) is 21.8. The Hall–Kier alpha value is -0.350. The van der Waals surface area contributed by atoms with Crippen LogP contribution in [0.25, 0.3) is 0 Å². The maximum Gasteiger partial charge on any atom is 0.158 e. The summed E-state index contributed by atoms with van der Waals surface area (Å²) in [4.78, 5) is 0. The fraction of sp³-hybridized carbons (Fsp3) is 0.800.